The number of hydrogen-bond acceptors (Lipinski definition) is 4. The van der Waals surface area contributed by atoms with Crippen molar-refractivity contribution in [3.8, 4) is 0 Å². The molecule has 4 heteroatoms. The van der Waals surface area contributed by atoms with Crippen LogP contribution in [-0.2, 0) is 9.47 Å². The SMILES string of the molecule is CC1COC(C)(C2(C)OCC(C)N2C)N1C. The van der Waals surface area contributed by atoms with Gasteiger partial charge in [0.15, 0.2) is 11.4 Å². The van der Waals surface area contributed by atoms with Gasteiger partial charge >= 0.3 is 0 Å². The minimum Gasteiger partial charge on any atom is -0.355 e. The van der Waals surface area contributed by atoms with Crippen molar-refractivity contribution in [1.29, 1.82) is 0 Å². The smallest absolute Gasteiger partial charge is 0.161 e. The van der Waals surface area contributed by atoms with Crippen LogP contribution in [0.3, 0.4) is 0 Å². The van der Waals surface area contributed by atoms with Crippen molar-refractivity contribution in [1.82, 2.24) is 9.80 Å². The van der Waals surface area contributed by atoms with E-state index in [1.165, 1.54) is 0 Å². The Kier molecular flexibility index (Phi) is 2.82. The molecule has 0 spiro atoms. The Balaban J connectivity index is 2.30. The molecule has 4 unspecified atom stereocenters. The molecule has 0 aliphatic carbocycles. The maximum absolute atomic E-state index is 6.03. The third-order valence-electron chi connectivity index (χ3n) is 4.74. The van der Waals surface area contributed by atoms with Gasteiger partial charge in [-0.05, 0) is 41.8 Å². The molecule has 2 rings (SSSR count). The fraction of sp³-hybridized carbons (Fsp3) is 1.00. The summed E-state index contributed by atoms with van der Waals surface area (Å²) < 4.78 is 12.1. The molecule has 0 bridgehead atoms. The first-order valence-electron chi connectivity index (χ1n) is 6.06. The molecule has 0 aromatic heterocycles. The number of hydrogen-bond donors (Lipinski definition) is 0. The van der Waals surface area contributed by atoms with E-state index >= 15 is 0 Å². The Morgan fingerprint density at radius 1 is 0.875 bits per heavy atom. The second-order valence-electron chi connectivity index (χ2n) is 5.51. The van der Waals surface area contributed by atoms with Crippen LogP contribution in [0.5, 0.6) is 0 Å². The minimum atomic E-state index is -0.369. The number of likely N-dealkylation sites (N-methyl/N-ethyl adjacent to an activating group) is 2. The highest BCUT2D eigenvalue weighted by molar-refractivity contribution is 5.03. The van der Waals surface area contributed by atoms with Crippen molar-refractivity contribution in [2.45, 2.75) is 51.2 Å². The third-order valence-corrected chi connectivity index (χ3v) is 4.74. The van der Waals surface area contributed by atoms with Crippen LogP contribution >= 0.6 is 0 Å². The molecular formula is C12H24N2O2. The summed E-state index contributed by atoms with van der Waals surface area (Å²) in [5.41, 5.74) is -0.738. The summed E-state index contributed by atoms with van der Waals surface area (Å²) in [7, 11) is 4.23. The van der Waals surface area contributed by atoms with Gasteiger partial charge in [-0.3, -0.25) is 9.80 Å². The van der Waals surface area contributed by atoms with Gasteiger partial charge in [0.1, 0.15) is 0 Å². The van der Waals surface area contributed by atoms with Crippen LogP contribution in [0.15, 0.2) is 0 Å². The topological polar surface area (TPSA) is 24.9 Å². The molecule has 2 aliphatic heterocycles. The Hall–Kier alpha value is -0.160. The minimum absolute atomic E-state index is 0.369. The molecular weight excluding hydrogens is 204 g/mol. The number of ether oxygens (including phenoxy) is 2. The quantitative estimate of drug-likeness (QED) is 0.671. The molecule has 4 nitrogen and oxygen atoms in total. The van der Waals surface area contributed by atoms with Gasteiger partial charge in [-0.25, -0.2) is 0 Å². The summed E-state index contributed by atoms with van der Waals surface area (Å²) >= 11 is 0. The molecule has 2 saturated heterocycles. The fourth-order valence-corrected chi connectivity index (χ4v) is 2.76. The van der Waals surface area contributed by atoms with E-state index in [1.54, 1.807) is 0 Å². The van der Waals surface area contributed by atoms with Crippen molar-refractivity contribution in [3.63, 3.8) is 0 Å². The van der Waals surface area contributed by atoms with E-state index in [-0.39, 0.29) is 11.4 Å². The summed E-state index contributed by atoms with van der Waals surface area (Å²) in [5, 5.41) is 0. The van der Waals surface area contributed by atoms with E-state index in [9.17, 15) is 0 Å². The number of rotatable bonds is 1. The van der Waals surface area contributed by atoms with E-state index in [0.717, 1.165) is 13.2 Å². The zero-order valence-corrected chi connectivity index (χ0v) is 11.3. The molecule has 0 saturated carbocycles. The van der Waals surface area contributed by atoms with Crippen molar-refractivity contribution in [2.75, 3.05) is 27.3 Å². The Morgan fingerprint density at radius 3 is 1.38 bits per heavy atom. The van der Waals surface area contributed by atoms with Gasteiger partial charge in [0.2, 0.25) is 0 Å². The van der Waals surface area contributed by atoms with Crippen LogP contribution in [0.2, 0.25) is 0 Å². The van der Waals surface area contributed by atoms with Gasteiger partial charge < -0.3 is 9.47 Å². The molecule has 16 heavy (non-hydrogen) atoms. The summed E-state index contributed by atoms with van der Waals surface area (Å²) in [6.07, 6.45) is 0. The molecule has 2 fully saturated rings. The second-order valence-corrected chi connectivity index (χ2v) is 5.51. The van der Waals surface area contributed by atoms with Crippen LogP contribution in [0.4, 0.5) is 0 Å². The molecule has 0 aromatic carbocycles. The van der Waals surface area contributed by atoms with Gasteiger partial charge in [-0.15, -0.1) is 0 Å². The molecule has 0 radical (unpaired) electrons. The lowest BCUT2D eigenvalue weighted by Gasteiger charge is -2.48. The normalized spacial score (nSPS) is 51.4. The summed E-state index contributed by atoms with van der Waals surface area (Å²) in [6, 6.07) is 0.879. The predicted octanol–water partition coefficient (Wildman–Crippen LogP) is 1.12. The van der Waals surface area contributed by atoms with Crippen LogP contribution in [-0.4, -0.2) is 60.6 Å². The maximum Gasteiger partial charge on any atom is 0.161 e. The first-order valence-corrected chi connectivity index (χ1v) is 6.06. The van der Waals surface area contributed by atoms with Gasteiger partial charge in [-0.1, -0.05) is 0 Å². The van der Waals surface area contributed by atoms with Gasteiger partial charge in [0.25, 0.3) is 0 Å². The van der Waals surface area contributed by atoms with Crippen molar-refractivity contribution < 1.29 is 9.47 Å². The molecule has 94 valence electrons. The van der Waals surface area contributed by atoms with Crippen LogP contribution in [0.25, 0.3) is 0 Å². The van der Waals surface area contributed by atoms with Crippen molar-refractivity contribution in [3.05, 3.63) is 0 Å². The molecule has 2 aliphatic rings. The van der Waals surface area contributed by atoms with E-state index in [4.69, 9.17) is 9.47 Å². The summed E-state index contributed by atoms with van der Waals surface area (Å²) in [6.45, 7) is 10.2. The average Bonchev–Trinajstić information content (AvgIpc) is 2.67. The fourth-order valence-electron chi connectivity index (χ4n) is 2.76. The first kappa shape index (κ1) is 12.3. The highest BCUT2D eigenvalue weighted by Crippen LogP contribution is 2.43. The average molecular weight is 228 g/mol. The second kappa shape index (κ2) is 3.67. The number of nitrogens with zero attached hydrogens (tertiary/aromatic N) is 2. The monoisotopic (exact) mass is 228 g/mol. The lowest BCUT2D eigenvalue weighted by Crippen LogP contribution is -2.65. The molecule has 0 amide bonds. The van der Waals surface area contributed by atoms with Crippen molar-refractivity contribution >= 4 is 0 Å². The highest BCUT2D eigenvalue weighted by Gasteiger charge is 2.59. The highest BCUT2D eigenvalue weighted by atomic mass is 16.6. The molecule has 2 heterocycles. The van der Waals surface area contributed by atoms with Crippen LogP contribution < -0.4 is 0 Å². The Labute approximate surface area is 98.5 Å². The lowest BCUT2D eigenvalue weighted by atomic mass is 10.00. The lowest BCUT2D eigenvalue weighted by molar-refractivity contribution is -0.243. The molecule has 0 aromatic rings. The summed E-state index contributed by atoms with van der Waals surface area (Å²) in [5.74, 6) is 0. The zero-order chi connectivity index (χ0) is 12.1. The van der Waals surface area contributed by atoms with Gasteiger partial charge in [0, 0.05) is 12.1 Å². The first-order chi connectivity index (χ1) is 7.33. The van der Waals surface area contributed by atoms with E-state index in [2.05, 4.69) is 51.6 Å². The largest absolute Gasteiger partial charge is 0.355 e. The van der Waals surface area contributed by atoms with E-state index in [1.807, 2.05) is 0 Å². The predicted molar refractivity (Wildman–Crippen MR) is 63.2 cm³/mol. The van der Waals surface area contributed by atoms with Crippen LogP contribution in [0, 0.1) is 0 Å². The maximum atomic E-state index is 6.03. The van der Waals surface area contributed by atoms with Crippen LogP contribution in [0.1, 0.15) is 27.7 Å². The molecule has 0 N–H and O–H groups in total. The standard InChI is InChI=1S/C12H24N2O2/c1-9-7-15-11(3,13(9)5)12(4)14(6)10(2)8-16-12/h9-10H,7-8H2,1-6H3. The molecule has 4 atom stereocenters. The van der Waals surface area contributed by atoms with E-state index in [0.29, 0.717) is 12.1 Å². The van der Waals surface area contributed by atoms with Gasteiger partial charge in [0.05, 0.1) is 13.2 Å². The van der Waals surface area contributed by atoms with E-state index < -0.39 is 0 Å². The Bertz CT molecular complexity index is 258. The summed E-state index contributed by atoms with van der Waals surface area (Å²) in [4.78, 5) is 4.56. The van der Waals surface area contributed by atoms with Crippen molar-refractivity contribution in [2.24, 2.45) is 0 Å². The third kappa shape index (κ3) is 1.37. The van der Waals surface area contributed by atoms with Gasteiger partial charge in [-0.2, -0.15) is 0 Å². The Morgan fingerprint density at radius 2 is 1.19 bits per heavy atom. The zero-order valence-electron chi connectivity index (χ0n) is 11.3.